The molecular formula is C18H28N2O4S. The molecule has 0 radical (unpaired) electrons. The molecule has 1 aliphatic heterocycles. The number of anilines is 1. The average Bonchev–Trinajstić information content (AvgIpc) is 2.91. The molecule has 2 rings (SSSR count). The number of nitrogens with zero attached hydrogens (tertiary/aromatic N) is 1. The Bertz CT molecular complexity index is 693. The lowest BCUT2D eigenvalue weighted by molar-refractivity contribution is -0.117. The van der Waals surface area contributed by atoms with Crippen LogP contribution in [0, 0.1) is 0 Å². The van der Waals surface area contributed by atoms with Crippen molar-refractivity contribution in [2.45, 2.75) is 69.4 Å². The highest BCUT2D eigenvalue weighted by Crippen LogP contribution is 2.23. The normalized spacial score (nSPS) is 17.1. The maximum atomic E-state index is 12.5. The number of carbonyl (C=O) groups is 1. The Hall–Kier alpha value is -1.44. The molecule has 1 amide bonds. The number of nitrogens with one attached hydrogen (secondary N) is 1. The van der Waals surface area contributed by atoms with Gasteiger partial charge < -0.3 is 10.0 Å². The highest BCUT2D eigenvalue weighted by molar-refractivity contribution is 7.89. The van der Waals surface area contributed by atoms with Crippen LogP contribution < -0.4 is 9.62 Å². The van der Waals surface area contributed by atoms with Crippen LogP contribution in [-0.2, 0) is 14.8 Å². The highest BCUT2D eigenvalue weighted by Gasteiger charge is 2.23. The van der Waals surface area contributed by atoms with Gasteiger partial charge >= 0.3 is 0 Å². The quantitative estimate of drug-likeness (QED) is 0.738. The minimum atomic E-state index is -3.60. The summed E-state index contributed by atoms with van der Waals surface area (Å²) in [6.07, 6.45) is 3.40. The summed E-state index contributed by atoms with van der Waals surface area (Å²) < 4.78 is 27.6. The lowest BCUT2D eigenvalue weighted by Crippen LogP contribution is -2.33. The molecule has 1 fully saturated rings. The van der Waals surface area contributed by atoms with Gasteiger partial charge in [0.15, 0.2) is 0 Å². The van der Waals surface area contributed by atoms with E-state index in [2.05, 4.69) is 4.72 Å². The molecule has 25 heavy (non-hydrogen) atoms. The molecule has 140 valence electrons. The third-order valence-corrected chi connectivity index (χ3v) is 5.92. The summed E-state index contributed by atoms with van der Waals surface area (Å²) in [5.41, 5.74) is 0.00112. The van der Waals surface area contributed by atoms with E-state index < -0.39 is 15.6 Å². The summed E-state index contributed by atoms with van der Waals surface area (Å²) in [5, 5.41) is 9.71. The minimum Gasteiger partial charge on any atom is -0.390 e. The molecule has 0 aliphatic carbocycles. The van der Waals surface area contributed by atoms with Crippen molar-refractivity contribution >= 4 is 21.6 Å². The molecule has 1 aliphatic rings. The Morgan fingerprint density at radius 1 is 1.28 bits per heavy atom. The summed E-state index contributed by atoms with van der Waals surface area (Å²) in [6, 6.07) is 6.21. The molecule has 0 saturated carbocycles. The summed E-state index contributed by atoms with van der Waals surface area (Å²) in [5.74, 6) is 0.0779. The standard InChI is InChI=1S/C18H28N2O4S/c1-14(6-4-12-18(2,3)22)19-25(23,24)16-10-8-15(9-11-16)20-13-5-7-17(20)21/h8-11,14,19,22H,4-7,12-13H2,1-3H3/t14-/m0/s1. The second-order valence-corrected chi connectivity index (χ2v) is 9.08. The van der Waals surface area contributed by atoms with Gasteiger partial charge in [0.05, 0.1) is 10.5 Å². The van der Waals surface area contributed by atoms with Gasteiger partial charge in [-0.2, -0.15) is 0 Å². The highest BCUT2D eigenvalue weighted by atomic mass is 32.2. The first-order valence-electron chi connectivity index (χ1n) is 8.74. The van der Waals surface area contributed by atoms with Gasteiger partial charge in [-0.1, -0.05) is 0 Å². The lowest BCUT2D eigenvalue weighted by atomic mass is 10.00. The molecular weight excluding hydrogens is 340 g/mol. The molecule has 1 aromatic rings. The molecule has 6 nitrogen and oxygen atoms in total. The van der Waals surface area contributed by atoms with Crippen molar-refractivity contribution < 1.29 is 18.3 Å². The number of sulfonamides is 1. The van der Waals surface area contributed by atoms with E-state index in [-0.39, 0.29) is 16.8 Å². The average molecular weight is 368 g/mol. The Kier molecular flexibility index (Phi) is 6.24. The molecule has 1 aromatic carbocycles. The molecule has 1 saturated heterocycles. The van der Waals surface area contributed by atoms with Crippen molar-refractivity contribution in [1.82, 2.24) is 4.72 Å². The summed E-state index contributed by atoms with van der Waals surface area (Å²) >= 11 is 0. The monoisotopic (exact) mass is 368 g/mol. The van der Waals surface area contributed by atoms with Crippen molar-refractivity contribution in [2.75, 3.05) is 11.4 Å². The van der Waals surface area contributed by atoms with E-state index in [1.165, 1.54) is 12.1 Å². The molecule has 7 heteroatoms. The van der Waals surface area contributed by atoms with Gasteiger partial charge in [0, 0.05) is 24.7 Å². The summed E-state index contributed by atoms with van der Waals surface area (Å²) in [4.78, 5) is 13.6. The Morgan fingerprint density at radius 2 is 1.92 bits per heavy atom. The van der Waals surface area contributed by atoms with E-state index in [1.54, 1.807) is 30.9 Å². The fraction of sp³-hybridized carbons (Fsp3) is 0.611. The van der Waals surface area contributed by atoms with Crippen molar-refractivity contribution in [3.8, 4) is 0 Å². The van der Waals surface area contributed by atoms with E-state index in [0.29, 0.717) is 25.8 Å². The lowest BCUT2D eigenvalue weighted by Gasteiger charge is -2.19. The first-order chi connectivity index (χ1) is 11.6. The first-order valence-corrected chi connectivity index (χ1v) is 10.2. The van der Waals surface area contributed by atoms with Crippen LogP contribution in [0.25, 0.3) is 0 Å². The third kappa shape index (κ3) is 5.80. The Balaban J connectivity index is 1.96. The number of amides is 1. The van der Waals surface area contributed by atoms with Crippen LogP contribution in [0.1, 0.15) is 52.9 Å². The van der Waals surface area contributed by atoms with Crippen molar-refractivity contribution in [3.63, 3.8) is 0 Å². The predicted molar refractivity (Wildman–Crippen MR) is 98.0 cm³/mol. The minimum absolute atomic E-state index is 0.0779. The van der Waals surface area contributed by atoms with Gasteiger partial charge in [0.1, 0.15) is 0 Å². The number of hydrogen-bond donors (Lipinski definition) is 2. The Morgan fingerprint density at radius 3 is 2.44 bits per heavy atom. The van der Waals surface area contributed by atoms with Gasteiger partial charge in [-0.15, -0.1) is 0 Å². The predicted octanol–water partition coefficient (Wildman–Crippen LogP) is 2.42. The number of hydrogen-bond acceptors (Lipinski definition) is 4. The second kappa shape index (κ2) is 7.85. The number of rotatable bonds is 8. The molecule has 0 unspecified atom stereocenters. The fourth-order valence-electron chi connectivity index (χ4n) is 2.96. The maximum Gasteiger partial charge on any atom is 0.240 e. The smallest absolute Gasteiger partial charge is 0.240 e. The van der Waals surface area contributed by atoms with Crippen LogP contribution in [0.15, 0.2) is 29.2 Å². The molecule has 0 spiro atoms. The van der Waals surface area contributed by atoms with E-state index in [4.69, 9.17) is 0 Å². The molecule has 1 heterocycles. The number of carbonyl (C=O) groups excluding carboxylic acids is 1. The molecule has 0 aromatic heterocycles. The number of benzene rings is 1. The zero-order valence-corrected chi connectivity index (χ0v) is 16.0. The van der Waals surface area contributed by atoms with E-state index in [9.17, 15) is 18.3 Å². The van der Waals surface area contributed by atoms with E-state index in [1.807, 2.05) is 6.92 Å². The second-order valence-electron chi connectivity index (χ2n) is 7.37. The van der Waals surface area contributed by atoms with Crippen LogP contribution in [0.2, 0.25) is 0 Å². The number of aliphatic hydroxyl groups is 1. The third-order valence-electron chi connectivity index (χ3n) is 4.31. The van der Waals surface area contributed by atoms with Crippen LogP contribution in [0.5, 0.6) is 0 Å². The van der Waals surface area contributed by atoms with Crippen molar-refractivity contribution in [2.24, 2.45) is 0 Å². The molecule has 0 bridgehead atoms. The summed E-state index contributed by atoms with van der Waals surface area (Å²) in [6.45, 7) is 5.99. The Labute approximate surface area is 150 Å². The van der Waals surface area contributed by atoms with Crippen molar-refractivity contribution in [3.05, 3.63) is 24.3 Å². The van der Waals surface area contributed by atoms with E-state index in [0.717, 1.165) is 18.5 Å². The summed E-state index contributed by atoms with van der Waals surface area (Å²) in [7, 11) is -3.60. The zero-order valence-electron chi connectivity index (χ0n) is 15.2. The van der Waals surface area contributed by atoms with Gasteiger partial charge in [-0.05, 0) is 70.7 Å². The van der Waals surface area contributed by atoms with Gasteiger partial charge in [-0.25, -0.2) is 13.1 Å². The molecule has 2 N–H and O–H groups in total. The van der Waals surface area contributed by atoms with Gasteiger partial charge in [0.2, 0.25) is 15.9 Å². The maximum absolute atomic E-state index is 12.5. The van der Waals surface area contributed by atoms with Crippen LogP contribution >= 0.6 is 0 Å². The van der Waals surface area contributed by atoms with Gasteiger partial charge in [0.25, 0.3) is 0 Å². The SMILES string of the molecule is C[C@@H](CCCC(C)(C)O)NS(=O)(=O)c1ccc(N2CCCC2=O)cc1. The zero-order chi connectivity index (χ0) is 18.7. The molecule has 1 atom stereocenters. The van der Waals surface area contributed by atoms with Crippen molar-refractivity contribution in [1.29, 1.82) is 0 Å². The van der Waals surface area contributed by atoms with Crippen LogP contribution in [0.4, 0.5) is 5.69 Å². The van der Waals surface area contributed by atoms with Crippen LogP contribution in [-0.4, -0.2) is 37.6 Å². The fourth-order valence-corrected chi connectivity index (χ4v) is 4.24. The van der Waals surface area contributed by atoms with E-state index >= 15 is 0 Å². The largest absolute Gasteiger partial charge is 0.390 e. The first kappa shape index (κ1) is 19.9. The van der Waals surface area contributed by atoms with Crippen LogP contribution in [0.3, 0.4) is 0 Å². The van der Waals surface area contributed by atoms with Gasteiger partial charge in [-0.3, -0.25) is 4.79 Å². The topological polar surface area (TPSA) is 86.7 Å².